The van der Waals surface area contributed by atoms with Gasteiger partial charge in [0.05, 0.1) is 10.2 Å². The number of anilines is 1. The van der Waals surface area contributed by atoms with Crippen molar-refractivity contribution in [2.45, 2.75) is 34.1 Å². The third-order valence-corrected chi connectivity index (χ3v) is 4.68. The number of thiophene rings is 1. The first-order chi connectivity index (χ1) is 9.06. The summed E-state index contributed by atoms with van der Waals surface area (Å²) in [7, 11) is 0. The maximum Gasteiger partial charge on any atom is 0.162 e. The van der Waals surface area contributed by atoms with Crippen LogP contribution in [0.4, 0.5) is 5.82 Å². The molecule has 0 aliphatic rings. The Morgan fingerprint density at radius 1 is 1.26 bits per heavy atom. The number of hydrogen-bond donors (Lipinski definition) is 1. The van der Waals surface area contributed by atoms with Crippen LogP contribution in [0.2, 0.25) is 0 Å². The van der Waals surface area contributed by atoms with Crippen molar-refractivity contribution in [3.05, 3.63) is 26.0 Å². The van der Waals surface area contributed by atoms with Crippen LogP contribution in [0, 0.1) is 13.8 Å². The van der Waals surface area contributed by atoms with Gasteiger partial charge in [-0.25, -0.2) is 9.97 Å². The van der Waals surface area contributed by atoms with Crippen molar-refractivity contribution in [1.82, 2.24) is 9.97 Å². The Morgan fingerprint density at radius 3 is 2.53 bits per heavy atom. The zero-order valence-electron chi connectivity index (χ0n) is 11.7. The molecule has 0 amide bonds. The molecule has 0 aromatic carbocycles. The van der Waals surface area contributed by atoms with Crippen molar-refractivity contribution >= 4 is 33.1 Å². The SMILES string of the molecule is CCNc1nc(-c2cc(C)sc2C)nc(CC)c1Br. The summed E-state index contributed by atoms with van der Waals surface area (Å²) in [6.07, 6.45) is 0.886. The third kappa shape index (κ3) is 2.98. The van der Waals surface area contributed by atoms with Gasteiger partial charge in [-0.3, -0.25) is 0 Å². The topological polar surface area (TPSA) is 37.8 Å². The third-order valence-electron chi connectivity index (χ3n) is 2.88. The Balaban J connectivity index is 2.57. The van der Waals surface area contributed by atoms with E-state index in [0.29, 0.717) is 0 Å². The summed E-state index contributed by atoms with van der Waals surface area (Å²) < 4.78 is 0.977. The second-order valence-corrected chi connectivity index (χ2v) is 6.62. The monoisotopic (exact) mass is 339 g/mol. The Kier molecular flexibility index (Phi) is 4.58. The molecule has 5 heteroatoms. The number of rotatable bonds is 4. The standard InChI is InChI=1S/C14H18BrN3S/c1-5-11-12(15)14(16-6-2)18-13(17-11)10-7-8(3)19-9(10)4/h7H,5-6H2,1-4H3,(H,16,17,18). The van der Waals surface area contributed by atoms with Gasteiger partial charge in [-0.05, 0) is 49.2 Å². The summed E-state index contributed by atoms with van der Waals surface area (Å²) in [5.74, 6) is 1.70. The Morgan fingerprint density at radius 2 is 2.00 bits per heavy atom. The smallest absolute Gasteiger partial charge is 0.162 e. The van der Waals surface area contributed by atoms with Crippen LogP contribution in [-0.2, 0) is 6.42 Å². The summed E-state index contributed by atoms with van der Waals surface area (Å²) in [4.78, 5) is 11.9. The second-order valence-electron chi connectivity index (χ2n) is 4.37. The number of aryl methyl sites for hydroxylation is 3. The summed E-state index contributed by atoms with van der Waals surface area (Å²) in [6, 6.07) is 2.17. The Bertz CT molecular complexity index is 593. The molecule has 1 N–H and O–H groups in total. The molecular formula is C14H18BrN3S. The molecule has 0 unspecified atom stereocenters. The van der Waals surface area contributed by atoms with Crippen LogP contribution in [0.25, 0.3) is 11.4 Å². The van der Waals surface area contributed by atoms with Crippen LogP contribution in [0.15, 0.2) is 10.5 Å². The minimum absolute atomic E-state index is 0.817. The van der Waals surface area contributed by atoms with Gasteiger partial charge in [0.1, 0.15) is 5.82 Å². The maximum absolute atomic E-state index is 4.69. The van der Waals surface area contributed by atoms with E-state index in [1.165, 1.54) is 9.75 Å². The number of halogens is 1. The molecular weight excluding hydrogens is 322 g/mol. The molecule has 3 nitrogen and oxygen atoms in total. The van der Waals surface area contributed by atoms with Crippen LogP contribution in [0.1, 0.15) is 29.3 Å². The van der Waals surface area contributed by atoms with E-state index in [1.807, 2.05) is 0 Å². The van der Waals surface area contributed by atoms with Crippen molar-refractivity contribution < 1.29 is 0 Å². The van der Waals surface area contributed by atoms with E-state index in [4.69, 9.17) is 0 Å². The molecule has 2 rings (SSSR count). The number of nitrogens with zero attached hydrogens (tertiary/aromatic N) is 2. The lowest BCUT2D eigenvalue weighted by molar-refractivity contribution is 0.984. The fraction of sp³-hybridized carbons (Fsp3) is 0.429. The molecule has 0 fully saturated rings. The Hall–Kier alpha value is -0.940. The molecule has 2 aromatic rings. The Labute approximate surface area is 126 Å². The number of hydrogen-bond acceptors (Lipinski definition) is 4. The highest BCUT2D eigenvalue weighted by molar-refractivity contribution is 9.10. The summed E-state index contributed by atoms with van der Waals surface area (Å²) in [5.41, 5.74) is 2.19. The molecule has 0 bridgehead atoms. The van der Waals surface area contributed by atoms with Gasteiger partial charge >= 0.3 is 0 Å². The zero-order chi connectivity index (χ0) is 14.0. The van der Waals surface area contributed by atoms with Gasteiger partial charge in [0, 0.05) is 21.9 Å². The second kappa shape index (κ2) is 6.01. The largest absolute Gasteiger partial charge is 0.369 e. The van der Waals surface area contributed by atoms with Crippen molar-refractivity contribution in [3.8, 4) is 11.4 Å². The molecule has 0 saturated carbocycles. The number of aromatic nitrogens is 2. The molecule has 0 spiro atoms. The quantitative estimate of drug-likeness (QED) is 0.885. The maximum atomic E-state index is 4.69. The minimum atomic E-state index is 0.817. The highest BCUT2D eigenvalue weighted by Crippen LogP contribution is 2.32. The number of nitrogens with one attached hydrogen (secondary N) is 1. The minimum Gasteiger partial charge on any atom is -0.369 e. The van der Waals surface area contributed by atoms with E-state index in [2.05, 4.69) is 65.0 Å². The van der Waals surface area contributed by atoms with E-state index < -0.39 is 0 Å². The summed E-state index contributed by atoms with van der Waals surface area (Å²) in [5, 5.41) is 3.29. The van der Waals surface area contributed by atoms with Crippen molar-refractivity contribution in [3.63, 3.8) is 0 Å². The van der Waals surface area contributed by atoms with E-state index in [9.17, 15) is 0 Å². The fourth-order valence-corrected chi connectivity index (χ4v) is 3.50. The van der Waals surface area contributed by atoms with E-state index in [1.54, 1.807) is 11.3 Å². The first-order valence-corrected chi connectivity index (χ1v) is 8.05. The van der Waals surface area contributed by atoms with Gasteiger partial charge in [0.2, 0.25) is 0 Å². The predicted octanol–water partition coefficient (Wildman–Crippen LogP) is 4.58. The van der Waals surface area contributed by atoms with Gasteiger partial charge in [0.25, 0.3) is 0 Å². The van der Waals surface area contributed by atoms with Gasteiger partial charge < -0.3 is 5.32 Å². The average molecular weight is 340 g/mol. The van der Waals surface area contributed by atoms with Gasteiger partial charge in [-0.1, -0.05) is 6.92 Å². The highest BCUT2D eigenvalue weighted by atomic mass is 79.9. The molecule has 0 saturated heterocycles. The van der Waals surface area contributed by atoms with Gasteiger partial charge in [0.15, 0.2) is 5.82 Å². The molecule has 0 aliphatic carbocycles. The lowest BCUT2D eigenvalue weighted by Crippen LogP contribution is -2.05. The molecule has 0 radical (unpaired) electrons. The highest BCUT2D eigenvalue weighted by Gasteiger charge is 2.14. The zero-order valence-corrected chi connectivity index (χ0v) is 14.1. The lowest BCUT2D eigenvalue weighted by atomic mass is 10.2. The molecule has 102 valence electrons. The van der Waals surface area contributed by atoms with Crippen molar-refractivity contribution in [2.75, 3.05) is 11.9 Å². The van der Waals surface area contributed by atoms with E-state index in [-0.39, 0.29) is 0 Å². The normalized spacial score (nSPS) is 10.8. The van der Waals surface area contributed by atoms with Crippen LogP contribution in [-0.4, -0.2) is 16.5 Å². The molecule has 19 heavy (non-hydrogen) atoms. The van der Waals surface area contributed by atoms with Crippen LogP contribution >= 0.6 is 27.3 Å². The summed E-state index contributed by atoms with van der Waals surface area (Å²) >= 11 is 5.38. The molecule has 0 aliphatic heterocycles. The van der Waals surface area contributed by atoms with Crippen LogP contribution in [0.3, 0.4) is 0 Å². The van der Waals surface area contributed by atoms with E-state index in [0.717, 1.165) is 40.3 Å². The van der Waals surface area contributed by atoms with Gasteiger partial charge in [-0.2, -0.15) is 0 Å². The molecule has 0 atom stereocenters. The average Bonchev–Trinajstić information content (AvgIpc) is 2.71. The van der Waals surface area contributed by atoms with E-state index >= 15 is 0 Å². The van der Waals surface area contributed by atoms with Crippen molar-refractivity contribution in [2.24, 2.45) is 0 Å². The first-order valence-electron chi connectivity index (χ1n) is 6.44. The fourth-order valence-electron chi connectivity index (χ4n) is 1.99. The van der Waals surface area contributed by atoms with Crippen molar-refractivity contribution in [1.29, 1.82) is 0 Å². The van der Waals surface area contributed by atoms with Crippen LogP contribution < -0.4 is 5.32 Å². The van der Waals surface area contributed by atoms with Crippen LogP contribution in [0.5, 0.6) is 0 Å². The molecule has 2 heterocycles. The molecule has 2 aromatic heterocycles. The van der Waals surface area contributed by atoms with Gasteiger partial charge in [-0.15, -0.1) is 11.3 Å². The summed E-state index contributed by atoms with van der Waals surface area (Å²) in [6.45, 7) is 9.26. The lowest BCUT2D eigenvalue weighted by Gasteiger charge is -2.11. The first kappa shape index (κ1) is 14.5. The predicted molar refractivity (Wildman–Crippen MR) is 86.1 cm³/mol.